The second-order valence-electron chi connectivity index (χ2n) is 7.40. The largest absolute Gasteiger partial charge is 0.338 e. The monoisotopic (exact) mass is 394 g/mol. The number of aromatic nitrogens is 2. The molecule has 1 aromatic heterocycles. The summed E-state index contributed by atoms with van der Waals surface area (Å²) in [6.45, 7) is 3.92. The summed E-state index contributed by atoms with van der Waals surface area (Å²) in [6.07, 6.45) is 1.41. The maximum absolute atomic E-state index is 13.9. The zero-order chi connectivity index (χ0) is 20.2. The van der Waals surface area contributed by atoms with E-state index in [9.17, 15) is 9.18 Å². The number of amides is 1. The molecule has 7 heteroatoms. The van der Waals surface area contributed by atoms with Gasteiger partial charge in [-0.3, -0.25) is 9.69 Å². The maximum atomic E-state index is 13.9. The van der Waals surface area contributed by atoms with Crippen molar-refractivity contribution in [2.45, 2.75) is 26.3 Å². The molecule has 2 aromatic carbocycles. The first-order valence-corrected chi connectivity index (χ1v) is 9.76. The minimum Gasteiger partial charge on any atom is -0.338 e. The second-order valence-corrected chi connectivity index (χ2v) is 7.40. The number of carbonyl (C=O) groups excluding carboxylic acids is 1. The maximum Gasteiger partial charge on any atom is 0.241 e. The van der Waals surface area contributed by atoms with Gasteiger partial charge >= 0.3 is 0 Å². The van der Waals surface area contributed by atoms with Crippen LogP contribution in [0.1, 0.15) is 24.3 Å². The van der Waals surface area contributed by atoms with Crippen molar-refractivity contribution in [2.24, 2.45) is 5.92 Å². The fourth-order valence-electron chi connectivity index (χ4n) is 3.54. The number of anilines is 1. The lowest BCUT2D eigenvalue weighted by molar-refractivity contribution is -0.121. The molecule has 6 nitrogen and oxygen atoms in total. The van der Waals surface area contributed by atoms with Crippen LogP contribution in [0.25, 0.3) is 11.4 Å². The summed E-state index contributed by atoms with van der Waals surface area (Å²) < 4.78 is 19.3. The molecule has 1 aliphatic heterocycles. The third-order valence-corrected chi connectivity index (χ3v) is 5.20. The molecule has 1 fully saturated rings. The van der Waals surface area contributed by atoms with Gasteiger partial charge < -0.3 is 9.84 Å². The number of halogens is 1. The number of carbonyl (C=O) groups is 1. The highest BCUT2D eigenvalue weighted by molar-refractivity contribution is 5.92. The predicted octanol–water partition coefficient (Wildman–Crippen LogP) is 4.03. The second kappa shape index (κ2) is 8.53. The molecule has 0 atom stereocenters. The van der Waals surface area contributed by atoms with Crippen molar-refractivity contribution >= 4 is 11.6 Å². The Kier molecular flexibility index (Phi) is 5.67. The van der Waals surface area contributed by atoms with Crippen molar-refractivity contribution in [2.75, 3.05) is 18.4 Å². The van der Waals surface area contributed by atoms with Gasteiger partial charge in [0.05, 0.1) is 12.2 Å². The number of nitrogens with zero attached hydrogens (tertiary/aromatic N) is 3. The molecule has 2 heterocycles. The zero-order valence-electron chi connectivity index (χ0n) is 16.3. The average Bonchev–Trinajstić information content (AvgIpc) is 3.20. The van der Waals surface area contributed by atoms with Crippen LogP contribution in [-0.4, -0.2) is 34.0 Å². The summed E-state index contributed by atoms with van der Waals surface area (Å²) >= 11 is 0. The Bertz CT molecular complexity index is 981. The number of hydrogen-bond donors (Lipinski definition) is 1. The number of aryl methyl sites for hydroxylation is 1. The van der Waals surface area contributed by atoms with Gasteiger partial charge in [0.15, 0.2) is 0 Å². The van der Waals surface area contributed by atoms with E-state index in [0.717, 1.165) is 24.2 Å². The van der Waals surface area contributed by atoms with Crippen molar-refractivity contribution in [3.05, 3.63) is 65.8 Å². The molecule has 1 aliphatic rings. The van der Waals surface area contributed by atoms with E-state index in [1.807, 2.05) is 37.3 Å². The van der Waals surface area contributed by atoms with Gasteiger partial charge in [-0.1, -0.05) is 41.6 Å². The van der Waals surface area contributed by atoms with E-state index in [2.05, 4.69) is 20.4 Å². The molecular formula is C22H23FN4O2. The number of piperidine rings is 1. The highest BCUT2D eigenvalue weighted by Crippen LogP contribution is 2.23. The zero-order valence-corrected chi connectivity index (χ0v) is 16.3. The van der Waals surface area contributed by atoms with Crippen molar-refractivity contribution in [1.82, 2.24) is 15.0 Å². The van der Waals surface area contributed by atoms with Gasteiger partial charge in [0.25, 0.3) is 0 Å². The lowest BCUT2D eigenvalue weighted by Crippen LogP contribution is -2.37. The van der Waals surface area contributed by atoms with E-state index in [-0.39, 0.29) is 17.5 Å². The molecule has 0 bridgehead atoms. The van der Waals surface area contributed by atoms with Gasteiger partial charge in [0.1, 0.15) is 5.82 Å². The number of hydrogen-bond acceptors (Lipinski definition) is 5. The molecule has 0 aliphatic carbocycles. The first kappa shape index (κ1) is 19.3. The van der Waals surface area contributed by atoms with Crippen LogP contribution >= 0.6 is 0 Å². The molecular weight excluding hydrogens is 371 g/mol. The summed E-state index contributed by atoms with van der Waals surface area (Å²) in [4.78, 5) is 19.2. The third-order valence-electron chi connectivity index (χ3n) is 5.20. The summed E-state index contributed by atoms with van der Waals surface area (Å²) in [7, 11) is 0. The predicted molar refractivity (Wildman–Crippen MR) is 108 cm³/mol. The molecule has 0 spiro atoms. The van der Waals surface area contributed by atoms with Crippen molar-refractivity contribution in [1.29, 1.82) is 0 Å². The Labute approximate surface area is 168 Å². The SMILES string of the molecule is Cc1ccc(F)c(NC(=O)C2CCN(Cc3nc(-c4ccccc4)no3)CC2)c1. The number of benzene rings is 2. The summed E-state index contributed by atoms with van der Waals surface area (Å²) in [5, 5.41) is 6.78. The molecule has 1 N–H and O–H groups in total. The highest BCUT2D eigenvalue weighted by atomic mass is 19.1. The third kappa shape index (κ3) is 4.68. The van der Waals surface area contributed by atoms with Crippen LogP contribution < -0.4 is 5.32 Å². The molecule has 1 saturated heterocycles. The van der Waals surface area contributed by atoms with Crippen LogP contribution in [0.4, 0.5) is 10.1 Å². The normalized spacial score (nSPS) is 15.4. The van der Waals surface area contributed by atoms with Gasteiger partial charge in [-0.25, -0.2) is 4.39 Å². The molecule has 0 saturated carbocycles. The smallest absolute Gasteiger partial charge is 0.241 e. The molecule has 1 amide bonds. The number of likely N-dealkylation sites (tertiary alicyclic amines) is 1. The number of nitrogens with one attached hydrogen (secondary N) is 1. The fourth-order valence-corrected chi connectivity index (χ4v) is 3.54. The first-order valence-electron chi connectivity index (χ1n) is 9.76. The summed E-state index contributed by atoms with van der Waals surface area (Å²) in [5.74, 6) is 0.475. The number of rotatable bonds is 5. The summed E-state index contributed by atoms with van der Waals surface area (Å²) in [5.41, 5.74) is 2.07. The molecule has 29 heavy (non-hydrogen) atoms. The van der Waals surface area contributed by atoms with Crippen LogP contribution in [0, 0.1) is 18.7 Å². The lowest BCUT2D eigenvalue weighted by atomic mass is 9.95. The van der Waals surface area contributed by atoms with E-state index in [1.54, 1.807) is 12.1 Å². The van der Waals surface area contributed by atoms with Crippen molar-refractivity contribution < 1.29 is 13.7 Å². The standard InChI is InChI=1S/C22H23FN4O2/c1-15-7-8-18(23)19(13-15)24-22(28)17-9-11-27(12-10-17)14-20-25-21(26-29-20)16-5-3-2-4-6-16/h2-8,13,17H,9-12,14H2,1H3,(H,24,28). The topological polar surface area (TPSA) is 71.3 Å². The van der Waals surface area contributed by atoms with Gasteiger partial charge in [0.2, 0.25) is 17.6 Å². The van der Waals surface area contributed by atoms with Crippen LogP contribution in [0.3, 0.4) is 0 Å². The first-order chi connectivity index (χ1) is 14.1. The lowest BCUT2D eigenvalue weighted by Gasteiger charge is -2.30. The average molecular weight is 394 g/mol. The van der Waals surface area contributed by atoms with E-state index < -0.39 is 5.82 Å². The van der Waals surface area contributed by atoms with E-state index >= 15 is 0 Å². The van der Waals surface area contributed by atoms with E-state index in [4.69, 9.17) is 4.52 Å². The van der Waals surface area contributed by atoms with Crippen molar-refractivity contribution in [3.8, 4) is 11.4 Å². The highest BCUT2D eigenvalue weighted by Gasteiger charge is 2.26. The Morgan fingerprint density at radius 2 is 1.97 bits per heavy atom. The van der Waals surface area contributed by atoms with Crippen LogP contribution in [0.15, 0.2) is 53.1 Å². The molecule has 3 aromatic rings. The van der Waals surface area contributed by atoms with Crippen LogP contribution in [-0.2, 0) is 11.3 Å². The summed E-state index contributed by atoms with van der Waals surface area (Å²) in [6, 6.07) is 14.4. The Morgan fingerprint density at radius 1 is 1.21 bits per heavy atom. The van der Waals surface area contributed by atoms with Gasteiger partial charge in [-0.05, 0) is 50.6 Å². The molecule has 4 rings (SSSR count). The van der Waals surface area contributed by atoms with Crippen molar-refractivity contribution in [3.63, 3.8) is 0 Å². The molecule has 150 valence electrons. The van der Waals surface area contributed by atoms with E-state index in [1.165, 1.54) is 6.07 Å². The Hall–Kier alpha value is -3.06. The molecule has 0 radical (unpaired) electrons. The van der Waals surface area contributed by atoms with Crippen LogP contribution in [0.2, 0.25) is 0 Å². The molecule has 0 unspecified atom stereocenters. The van der Waals surface area contributed by atoms with Gasteiger partial charge in [-0.15, -0.1) is 0 Å². The minimum atomic E-state index is -0.410. The Balaban J connectivity index is 1.30. The van der Waals surface area contributed by atoms with Crippen LogP contribution in [0.5, 0.6) is 0 Å². The van der Waals surface area contributed by atoms with E-state index in [0.29, 0.717) is 31.1 Å². The fraction of sp³-hybridized carbons (Fsp3) is 0.318. The minimum absolute atomic E-state index is 0.127. The Morgan fingerprint density at radius 3 is 2.72 bits per heavy atom. The van der Waals surface area contributed by atoms with Gasteiger partial charge in [0, 0.05) is 11.5 Å². The van der Waals surface area contributed by atoms with Gasteiger partial charge in [-0.2, -0.15) is 4.98 Å². The quantitative estimate of drug-likeness (QED) is 0.707.